The van der Waals surface area contributed by atoms with Gasteiger partial charge >= 0.3 is 7.12 Å². The van der Waals surface area contributed by atoms with Crippen molar-refractivity contribution in [1.29, 1.82) is 0 Å². The summed E-state index contributed by atoms with van der Waals surface area (Å²) < 4.78 is 29.9. The Kier molecular flexibility index (Phi) is 3.28. The van der Waals surface area contributed by atoms with Crippen LogP contribution in [-0.2, 0) is 9.31 Å². The van der Waals surface area contributed by atoms with Crippen LogP contribution < -0.4 is 10.2 Å². The van der Waals surface area contributed by atoms with E-state index in [1.165, 1.54) is 7.11 Å². The molecule has 1 saturated heterocycles. The molecular formula is C9H9BBrFO3. The van der Waals surface area contributed by atoms with Crippen LogP contribution in [-0.4, -0.2) is 27.4 Å². The van der Waals surface area contributed by atoms with Crippen molar-refractivity contribution in [2.24, 2.45) is 0 Å². The number of benzene rings is 1. The molecule has 1 aromatic rings. The zero-order valence-electron chi connectivity index (χ0n) is 8.13. The fourth-order valence-corrected chi connectivity index (χ4v) is 1.94. The Morgan fingerprint density at radius 2 is 2.07 bits per heavy atom. The van der Waals surface area contributed by atoms with Gasteiger partial charge in [0.05, 0.1) is 20.3 Å². The molecule has 0 bridgehead atoms. The van der Waals surface area contributed by atoms with Crippen molar-refractivity contribution in [2.75, 3.05) is 20.3 Å². The molecular weight excluding hydrogens is 266 g/mol. The molecule has 0 spiro atoms. The van der Waals surface area contributed by atoms with E-state index in [1.54, 1.807) is 12.1 Å². The van der Waals surface area contributed by atoms with E-state index in [0.717, 1.165) is 0 Å². The quantitative estimate of drug-likeness (QED) is 0.762. The van der Waals surface area contributed by atoms with Gasteiger partial charge in [-0.25, -0.2) is 4.39 Å². The van der Waals surface area contributed by atoms with Crippen LogP contribution in [0.4, 0.5) is 4.39 Å². The Hall–Kier alpha value is -0.585. The summed E-state index contributed by atoms with van der Waals surface area (Å²) in [5, 5.41) is 0. The van der Waals surface area contributed by atoms with E-state index in [2.05, 4.69) is 15.9 Å². The Balaban J connectivity index is 2.43. The summed E-state index contributed by atoms with van der Waals surface area (Å²) in [6.45, 7) is 0.960. The van der Waals surface area contributed by atoms with Gasteiger partial charge in [0, 0.05) is 9.94 Å². The van der Waals surface area contributed by atoms with Crippen LogP contribution >= 0.6 is 15.9 Å². The second-order valence-corrected chi connectivity index (χ2v) is 3.91. The molecule has 15 heavy (non-hydrogen) atoms. The van der Waals surface area contributed by atoms with Crippen molar-refractivity contribution in [3.63, 3.8) is 0 Å². The average Bonchev–Trinajstić information content (AvgIpc) is 2.71. The number of rotatable bonds is 2. The zero-order chi connectivity index (χ0) is 10.8. The van der Waals surface area contributed by atoms with Crippen LogP contribution in [0.2, 0.25) is 0 Å². The Morgan fingerprint density at radius 3 is 2.67 bits per heavy atom. The zero-order valence-corrected chi connectivity index (χ0v) is 9.71. The van der Waals surface area contributed by atoms with Crippen molar-refractivity contribution < 1.29 is 18.4 Å². The van der Waals surface area contributed by atoms with Gasteiger partial charge < -0.3 is 14.0 Å². The normalized spacial score (nSPS) is 15.8. The van der Waals surface area contributed by atoms with Crippen LogP contribution in [0.25, 0.3) is 0 Å². The first-order chi connectivity index (χ1) is 7.24. The average molecular weight is 275 g/mol. The molecule has 3 nitrogen and oxygen atoms in total. The maximum atomic E-state index is 13.9. The van der Waals surface area contributed by atoms with Gasteiger partial charge in [-0.3, -0.25) is 0 Å². The lowest BCUT2D eigenvalue weighted by Crippen LogP contribution is -2.35. The predicted molar refractivity (Wildman–Crippen MR) is 57.9 cm³/mol. The number of ether oxygens (including phenoxy) is 1. The molecule has 0 aromatic heterocycles. The van der Waals surface area contributed by atoms with Crippen molar-refractivity contribution in [3.05, 3.63) is 22.4 Å². The summed E-state index contributed by atoms with van der Waals surface area (Å²) in [5.74, 6) is -0.258. The van der Waals surface area contributed by atoms with E-state index in [1.807, 2.05) is 0 Å². The number of hydrogen-bond donors (Lipinski definition) is 0. The minimum absolute atomic E-state index is 0.187. The lowest BCUT2D eigenvalue weighted by Gasteiger charge is -2.11. The summed E-state index contributed by atoms with van der Waals surface area (Å²) >= 11 is 3.26. The highest BCUT2D eigenvalue weighted by Crippen LogP contribution is 2.21. The summed E-state index contributed by atoms with van der Waals surface area (Å²) in [6.07, 6.45) is 0. The molecule has 0 radical (unpaired) electrons. The predicted octanol–water partition coefficient (Wildman–Crippen LogP) is 1.34. The highest BCUT2D eigenvalue weighted by molar-refractivity contribution is 9.10. The summed E-state index contributed by atoms with van der Waals surface area (Å²) in [4.78, 5) is 0. The molecule has 1 heterocycles. The van der Waals surface area contributed by atoms with Crippen molar-refractivity contribution >= 4 is 28.5 Å². The van der Waals surface area contributed by atoms with Crippen LogP contribution in [0.1, 0.15) is 0 Å². The number of halogens is 2. The van der Waals surface area contributed by atoms with E-state index in [-0.39, 0.29) is 5.75 Å². The van der Waals surface area contributed by atoms with E-state index >= 15 is 0 Å². The van der Waals surface area contributed by atoms with Crippen LogP contribution in [0.3, 0.4) is 0 Å². The summed E-state index contributed by atoms with van der Waals surface area (Å²) in [5.41, 5.74) is 0.354. The first kappa shape index (κ1) is 10.9. The minimum Gasteiger partial charge on any atom is -0.494 e. The SMILES string of the molecule is COc1ccc(Br)c(B2OCCO2)c1F. The molecule has 2 rings (SSSR count). The molecule has 1 aromatic carbocycles. The maximum absolute atomic E-state index is 13.9. The molecule has 1 aliphatic heterocycles. The molecule has 0 N–H and O–H groups in total. The second-order valence-electron chi connectivity index (χ2n) is 3.05. The van der Waals surface area contributed by atoms with E-state index in [4.69, 9.17) is 14.0 Å². The van der Waals surface area contributed by atoms with Crippen molar-refractivity contribution in [3.8, 4) is 5.75 Å². The van der Waals surface area contributed by atoms with E-state index in [9.17, 15) is 4.39 Å². The molecule has 1 fully saturated rings. The third-order valence-electron chi connectivity index (χ3n) is 2.17. The fraction of sp³-hybridized carbons (Fsp3) is 0.333. The molecule has 1 aliphatic rings. The fourth-order valence-electron chi connectivity index (χ4n) is 1.45. The van der Waals surface area contributed by atoms with Gasteiger partial charge in [-0.2, -0.15) is 0 Å². The summed E-state index contributed by atoms with van der Waals surface area (Å²) in [6, 6.07) is 3.26. The third-order valence-corrected chi connectivity index (χ3v) is 2.86. The lowest BCUT2D eigenvalue weighted by atomic mass is 9.79. The van der Waals surface area contributed by atoms with Crippen molar-refractivity contribution in [2.45, 2.75) is 0 Å². The topological polar surface area (TPSA) is 27.7 Å². The van der Waals surface area contributed by atoms with E-state index < -0.39 is 12.9 Å². The lowest BCUT2D eigenvalue weighted by molar-refractivity contribution is 0.365. The smallest absolute Gasteiger partial charge is 0.494 e. The monoisotopic (exact) mass is 274 g/mol. The van der Waals surface area contributed by atoms with Gasteiger partial charge in [0.15, 0.2) is 11.6 Å². The van der Waals surface area contributed by atoms with Gasteiger partial charge in [-0.1, -0.05) is 15.9 Å². The first-order valence-electron chi connectivity index (χ1n) is 4.49. The first-order valence-corrected chi connectivity index (χ1v) is 5.28. The molecule has 0 amide bonds. The van der Waals surface area contributed by atoms with Gasteiger partial charge in [0.25, 0.3) is 0 Å². The summed E-state index contributed by atoms with van der Waals surface area (Å²) in [7, 11) is 0.779. The third kappa shape index (κ3) is 2.02. The van der Waals surface area contributed by atoms with Gasteiger partial charge in [0.2, 0.25) is 0 Å². The Morgan fingerprint density at radius 1 is 1.40 bits per heavy atom. The maximum Gasteiger partial charge on any atom is 0.498 e. The number of hydrogen-bond acceptors (Lipinski definition) is 3. The van der Waals surface area contributed by atoms with Gasteiger partial charge in [-0.15, -0.1) is 0 Å². The Labute approximate surface area is 95.8 Å². The van der Waals surface area contributed by atoms with E-state index in [0.29, 0.717) is 23.1 Å². The van der Waals surface area contributed by atoms with Crippen LogP contribution in [0.5, 0.6) is 5.75 Å². The second kappa shape index (κ2) is 4.51. The molecule has 6 heteroatoms. The highest BCUT2D eigenvalue weighted by Gasteiger charge is 2.32. The van der Waals surface area contributed by atoms with Crippen LogP contribution in [0.15, 0.2) is 16.6 Å². The minimum atomic E-state index is -0.644. The molecule has 0 aliphatic carbocycles. The molecule has 0 saturated carbocycles. The highest BCUT2D eigenvalue weighted by atomic mass is 79.9. The largest absolute Gasteiger partial charge is 0.498 e. The molecule has 80 valence electrons. The molecule has 0 atom stereocenters. The Bertz CT molecular complexity index is 369. The van der Waals surface area contributed by atoms with Gasteiger partial charge in [-0.05, 0) is 12.1 Å². The van der Waals surface area contributed by atoms with Crippen molar-refractivity contribution in [1.82, 2.24) is 0 Å². The number of methoxy groups -OCH3 is 1. The molecule has 0 unspecified atom stereocenters. The standard InChI is InChI=1S/C9H9BBrFO3/c1-13-7-3-2-6(11)8(9(7)12)10-14-4-5-15-10/h2-3H,4-5H2,1H3. The van der Waals surface area contributed by atoms with Crippen LogP contribution in [0, 0.1) is 5.82 Å². The van der Waals surface area contributed by atoms with Gasteiger partial charge in [0.1, 0.15) is 0 Å².